The second-order valence-electron chi connectivity index (χ2n) is 4.42. The highest BCUT2D eigenvalue weighted by atomic mass is 32.2. The molecule has 0 unspecified atom stereocenters. The van der Waals surface area contributed by atoms with Gasteiger partial charge in [-0.1, -0.05) is 17.8 Å². The van der Waals surface area contributed by atoms with E-state index in [9.17, 15) is 4.79 Å². The van der Waals surface area contributed by atoms with Gasteiger partial charge in [0.2, 0.25) is 5.91 Å². The average Bonchev–Trinajstić information content (AvgIpc) is 2.77. The number of nitrogens with one attached hydrogen (secondary N) is 1. The van der Waals surface area contributed by atoms with Crippen LogP contribution in [0.15, 0.2) is 28.4 Å². The predicted octanol–water partition coefficient (Wildman–Crippen LogP) is 1.61. The van der Waals surface area contributed by atoms with Crippen LogP contribution >= 0.6 is 11.8 Å². The molecule has 100 valence electrons. The number of nitrogens with zero attached hydrogens (tertiary/aromatic N) is 3. The standard InChI is InChI=1S/C13H16N4OS/c1-9-6-11(17(2)3)5-4-10(9)7-14-16-13-15-12(18)8-19-13/h4-7H,8H2,1-3H3,(H,15,16,18). The van der Waals surface area contributed by atoms with Gasteiger partial charge in [-0.3, -0.25) is 4.79 Å². The van der Waals surface area contributed by atoms with Crippen LogP contribution in [0.25, 0.3) is 0 Å². The zero-order chi connectivity index (χ0) is 13.8. The van der Waals surface area contributed by atoms with E-state index in [-0.39, 0.29) is 5.91 Å². The molecule has 2 rings (SSSR count). The number of amides is 1. The number of hydrogen-bond donors (Lipinski definition) is 1. The molecule has 0 bridgehead atoms. The topological polar surface area (TPSA) is 57.1 Å². The van der Waals surface area contributed by atoms with Crippen molar-refractivity contribution in [1.29, 1.82) is 0 Å². The first-order valence-corrected chi connectivity index (χ1v) is 6.86. The summed E-state index contributed by atoms with van der Waals surface area (Å²) in [5.41, 5.74) is 3.31. The maximum atomic E-state index is 11.0. The summed E-state index contributed by atoms with van der Waals surface area (Å²) in [4.78, 5) is 13.0. The number of benzene rings is 1. The lowest BCUT2D eigenvalue weighted by Crippen LogP contribution is -2.19. The second kappa shape index (κ2) is 5.88. The Morgan fingerprint density at radius 1 is 1.42 bits per heavy atom. The molecule has 0 atom stereocenters. The number of aryl methyl sites for hydroxylation is 1. The van der Waals surface area contributed by atoms with Crippen LogP contribution in [-0.2, 0) is 4.79 Å². The van der Waals surface area contributed by atoms with Gasteiger partial charge in [0.05, 0.1) is 12.0 Å². The summed E-state index contributed by atoms with van der Waals surface area (Å²) < 4.78 is 0. The van der Waals surface area contributed by atoms with Gasteiger partial charge in [0, 0.05) is 19.8 Å². The van der Waals surface area contributed by atoms with Crippen LogP contribution in [0.1, 0.15) is 11.1 Å². The molecule has 0 radical (unpaired) electrons. The van der Waals surface area contributed by atoms with Crippen LogP contribution in [0.3, 0.4) is 0 Å². The minimum Gasteiger partial charge on any atom is -0.378 e. The number of anilines is 1. The molecule has 1 N–H and O–H groups in total. The van der Waals surface area contributed by atoms with Crippen molar-refractivity contribution in [2.75, 3.05) is 24.7 Å². The van der Waals surface area contributed by atoms with E-state index in [0.29, 0.717) is 10.9 Å². The molecular formula is C13H16N4OS. The lowest BCUT2D eigenvalue weighted by molar-refractivity contribution is -0.116. The molecule has 1 amide bonds. The van der Waals surface area contributed by atoms with E-state index < -0.39 is 0 Å². The Kier molecular flexibility index (Phi) is 4.21. The van der Waals surface area contributed by atoms with Crippen molar-refractivity contribution in [2.45, 2.75) is 6.92 Å². The van der Waals surface area contributed by atoms with Crippen molar-refractivity contribution in [1.82, 2.24) is 5.32 Å². The highest BCUT2D eigenvalue weighted by Crippen LogP contribution is 2.16. The van der Waals surface area contributed by atoms with Gasteiger partial charge in [-0.25, -0.2) is 0 Å². The van der Waals surface area contributed by atoms with Crippen LogP contribution in [0.4, 0.5) is 5.69 Å². The maximum Gasteiger partial charge on any atom is 0.236 e. The van der Waals surface area contributed by atoms with Gasteiger partial charge in [0.1, 0.15) is 0 Å². The summed E-state index contributed by atoms with van der Waals surface area (Å²) in [5, 5.41) is 11.2. The Morgan fingerprint density at radius 3 is 2.79 bits per heavy atom. The van der Waals surface area contributed by atoms with Crippen molar-refractivity contribution in [2.24, 2.45) is 10.2 Å². The average molecular weight is 276 g/mol. The van der Waals surface area contributed by atoms with E-state index in [4.69, 9.17) is 0 Å². The zero-order valence-corrected chi connectivity index (χ0v) is 12.0. The van der Waals surface area contributed by atoms with E-state index in [1.54, 1.807) is 6.21 Å². The third-order valence-corrected chi connectivity index (χ3v) is 3.57. The molecule has 0 saturated carbocycles. The SMILES string of the molecule is Cc1cc(N(C)C)ccc1C=NN=C1NC(=O)CS1. The molecule has 1 fully saturated rings. The van der Waals surface area contributed by atoms with Crippen LogP contribution in [0.2, 0.25) is 0 Å². The fraction of sp³-hybridized carbons (Fsp3) is 0.308. The molecule has 0 aliphatic carbocycles. The van der Waals surface area contributed by atoms with Gasteiger partial charge in [-0.15, -0.1) is 5.10 Å². The van der Waals surface area contributed by atoms with Crippen molar-refractivity contribution >= 4 is 34.7 Å². The van der Waals surface area contributed by atoms with E-state index in [2.05, 4.69) is 26.5 Å². The summed E-state index contributed by atoms with van der Waals surface area (Å²) in [6.07, 6.45) is 1.70. The highest BCUT2D eigenvalue weighted by Gasteiger charge is 2.15. The van der Waals surface area contributed by atoms with Gasteiger partial charge in [0.25, 0.3) is 0 Å². The normalized spacial score (nSPS) is 17.2. The van der Waals surface area contributed by atoms with Crippen LogP contribution in [0.5, 0.6) is 0 Å². The number of carbonyl (C=O) groups is 1. The third-order valence-electron chi connectivity index (χ3n) is 2.70. The molecule has 5 nitrogen and oxygen atoms in total. The minimum absolute atomic E-state index is 0.0227. The molecule has 1 aliphatic rings. The van der Waals surface area contributed by atoms with Gasteiger partial charge in [-0.05, 0) is 30.2 Å². The van der Waals surface area contributed by atoms with Crippen LogP contribution in [-0.4, -0.2) is 37.1 Å². The molecule has 1 saturated heterocycles. The van der Waals surface area contributed by atoms with Crippen molar-refractivity contribution in [3.8, 4) is 0 Å². The molecular weight excluding hydrogens is 260 g/mol. The third kappa shape index (κ3) is 3.57. The van der Waals surface area contributed by atoms with E-state index >= 15 is 0 Å². The first kappa shape index (κ1) is 13.6. The Morgan fingerprint density at radius 2 is 2.21 bits per heavy atom. The Balaban J connectivity index is 2.09. The number of hydrogen-bond acceptors (Lipinski definition) is 5. The molecule has 1 heterocycles. The zero-order valence-electron chi connectivity index (χ0n) is 11.2. The Labute approximate surface area is 116 Å². The smallest absolute Gasteiger partial charge is 0.236 e. The number of amidine groups is 1. The van der Waals surface area contributed by atoms with E-state index in [0.717, 1.165) is 16.8 Å². The number of rotatable bonds is 3. The summed E-state index contributed by atoms with van der Waals surface area (Å²) in [7, 11) is 4.02. The molecule has 19 heavy (non-hydrogen) atoms. The minimum atomic E-state index is -0.0227. The Bertz CT molecular complexity index is 552. The lowest BCUT2D eigenvalue weighted by Gasteiger charge is -2.13. The van der Waals surface area contributed by atoms with Crippen molar-refractivity contribution in [3.63, 3.8) is 0 Å². The fourth-order valence-electron chi connectivity index (χ4n) is 1.61. The summed E-state index contributed by atoms with van der Waals surface area (Å²) in [5.74, 6) is 0.399. The fourth-order valence-corrected chi connectivity index (χ4v) is 2.24. The van der Waals surface area contributed by atoms with E-state index in [1.807, 2.05) is 33.2 Å². The van der Waals surface area contributed by atoms with Gasteiger partial charge < -0.3 is 10.2 Å². The molecule has 0 spiro atoms. The molecule has 1 aromatic carbocycles. The predicted molar refractivity (Wildman–Crippen MR) is 81.1 cm³/mol. The molecule has 0 aromatic heterocycles. The van der Waals surface area contributed by atoms with Crippen LogP contribution < -0.4 is 10.2 Å². The van der Waals surface area contributed by atoms with E-state index in [1.165, 1.54) is 11.8 Å². The summed E-state index contributed by atoms with van der Waals surface area (Å²) in [6.45, 7) is 2.04. The van der Waals surface area contributed by atoms with Gasteiger partial charge >= 0.3 is 0 Å². The molecule has 1 aliphatic heterocycles. The molecule has 6 heteroatoms. The second-order valence-corrected chi connectivity index (χ2v) is 5.39. The first-order valence-electron chi connectivity index (χ1n) is 5.88. The van der Waals surface area contributed by atoms with Crippen LogP contribution in [0, 0.1) is 6.92 Å². The van der Waals surface area contributed by atoms with Gasteiger partial charge in [-0.2, -0.15) is 5.10 Å². The van der Waals surface area contributed by atoms with Crippen molar-refractivity contribution in [3.05, 3.63) is 29.3 Å². The monoisotopic (exact) mass is 276 g/mol. The lowest BCUT2D eigenvalue weighted by atomic mass is 10.1. The molecule has 1 aromatic rings. The van der Waals surface area contributed by atoms with Gasteiger partial charge in [0.15, 0.2) is 5.17 Å². The largest absolute Gasteiger partial charge is 0.378 e. The summed E-state index contributed by atoms with van der Waals surface area (Å²) >= 11 is 1.37. The summed E-state index contributed by atoms with van der Waals surface area (Å²) in [6, 6.07) is 6.14. The highest BCUT2D eigenvalue weighted by molar-refractivity contribution is 8.15. The first-order chi connectivity index (χ1) is 9.06. The quantitative estimate of drug-likeness (QED) is 0.674. The number of carbonyl (C=O) groups excluding carboxylic acids is 1. The number of thioether (sulfide) groups is 1. The maximum absolute atomic E-state index is 11.0. The van der Waals surface area contributed by atoms with Crippen molar-refractivity contribution < 1.29 is 4.79 Å². The Hall–Kier alpha value is -1.82.